The number of aliphatic hydroxyl groups is 2. The monoisotopic (exact) mass is 733 g/mol. The maximum absolute atomic E-state index is 12.2. The van der Waals surface area contributed by atoms with E-state index in [1.807, 2.05) is 6.26 Å². The van der Waals surface area contributed by atoms with Crippen molar-refractivity contribution in [2.45, 2.75) is 61.0 Å². The van der Waals surface area contributed by atoms with Crippen LogP contribution in [0.2, 0.25) is 0 Å². The summed E-state index contributed by atoms with van der Waals surface area (Å²) in [5, 5.41) is 24.6. The highest BCUT2D eigenvalue weighted by molar-refractivity contribution is 8.77. The molecule has 0 spiro atoms. The zero-order valence-corrected chi connectivity index (χ0v) is 30.7. The summed E-state index contributed by atoms with van der Waals surface area (Å²) in [6.45, 7) is 7.56. The van der Waals surface area contributed by atoms with Crippen molar-refractivity contribution >= 4 is 62.3 Å². The molecular formula is C30H48BN3O9S4. The second-order valence-electron chi connectivity index (χ2n) is 11.1. The van der Waals surface area contributed by atoms with Gasteiger partial charge in [0.15, 0.2) is 0 Å². The lowest BCUT2D eigenvalue weighted by atomic mass is 9.71. The molecule has 1 saturated heterocycles. The van der Waals surface area contributed by atoms with Crippen molar-refractivity contribution < 1.29 is 43.5 Å². The maximum atomic E-state index is 12.2. The first-order valence-corrected chi connectivity index (χ1v) is 20.1. The van der Waals surface area contributed by atoms with Crippen LogP contribution in [-0.2, 0) is 23.7 Å². The lowest BCUT2D eigenvalue weighted by molar-refractivity contribution is -0.126. The Morgan fingerprint density at radius 1 is 1.19 bits per heavy atom. The molecule has 2 unspecified atom stereocenters. The number of amides is 2. The minimum atomic E-state index is -0.462. The van der Waals surface area contributed by atoms with E-state index in [1.54, 1.807) is 45.9 Å². The van der Waals surface area contributed by atoms with Crippen LogP contribution in [0.3, 0.4) is 0 Å². The van der Waals surface area contributed by atoms with Crippen molar-refractivity contribution in [2.75, 3.05) is 65.5 Å². The molecule has 2 amide bonds. The third kappa shape index (κ3) is 18.3. The molecule has 47 heavy (non-hydrogen) atoms. The van der Waals surface area contributed by atoms with Gasteiger partial charge in [0.25, 0.3) is 5.91 Å². The Kier molecular flexibility index (Phi) is 21.3. The van der Waals surface area contributed by atoms with E-state index in [0.29, 0.717) is 38.1 Å². The first-order valence-electron chi connectivity index (χ1n) is 15.3. The summed E-state index contributed by atoms with van der Waals surface area (Å²) in [4.78, 5) is 24.4. The highest BCUT2D eigenvalue weighted by atomic mass is 33.1. The fourth-order valence-electron chi connectivity index (χ4n) is 3.96. The molecule has 0 aliphatic carbocycles. The van der Waals surface area contributed by atoms with Gasteiger partial charge >= 0.3 is 0 Å². The topological polar surface area (TPSA) is 171 Å². The predicted octanol–water partition coefficient (Wildman–Crippen LogP) is 1.63. The van der Waals surface area contributed by atoms with Crippen LogP contribution >= 0.6 is 43.2 Å². The molecule has 0 bridgehead atoms. The molecule has 1 aromatic rings. The van der Waals surface area contributed by atoms with E-state index in [4.69, 9.17) is 29.4 Å². The molecule has 0 aromatic heterocycles. The molecule has 5 atom stereocenters. The number of hydrogen-bond acceptors (Lipinski definition) is 14. The van der Waals surface area contributed by atoms with E-state index in [2.05, 4.69) is 43.1 Å². The van der Waals surface area contributed by atoms with Gasteiger partial charge in [-0.1, -0.05) is 75.9 Å². The molecule has 0 radical (unpaired) electrons. The molecule has 1 fully saturated rings. The van der Waals surface area contributed by atoms with Gasteiger partial charge < -0.3 is 50.3 Å². The van der Waals surface area contributed by atoms with E-state index >= 15 is 0 Å². The summed E-state index contributed by atoms with van der Waals surface area (Å²) < 4.78 is 29.2. The Balaban J connectivity index is 1.69. The second-order valence-corrected chi connectivity index (χ2v) is 16.9. The number of carbonyl (C=O) groups is 2. The molecule has 1 aliphatic rings. The number of ether oxygens (including phenoxy) is 5. The third-order valence-electron chi connectivity index (χ3n) is 6.05. The second kappa shape index (κ2) is 24.0. The summed E-state index contributed by atoms with van der Waals surface area (Å²) in [5.41, 5.74) is 5.25. The van der Waals surface area contributed by atoms with Gasteiger partial charge in [-0.15, -0.1) is 0 Å². The standard InChI is InChI=1S/C30H48BN3O9S4/c1-30(2,3)47-46-28(20-41-22-8-5-7-21(15-22)29(38)34-12-10-32)40-14-13-39-19-26(37)33-11-6-9-31-25-16-23(24(17-35)42-25)43-27(18-36)45-44-4/h5,7-8,15,23-25,27-28,31,35-36H,10-14,16-20,32H2,1-4H3,(H,33,37)(H,34,38)/t23-,24?,25-,27-,28?/m1/s1. The number of nitrogens with two attached hydrogens (primary N) is 1. The SMILES string of the molecule is CSS[C@H](CO)O[C@@H]1C[C@H](BC#CCNC(=O)COCCOC(COc2cccc(C(=O)NCCN)c2)SSC(C)(C)C)OC1CO. The minimum Gasteiger partial charge on any atom is -0.490 e. The zero-order chi connectivity index (χ0) is 34.5. The Bertz CT molecular complexity index is 1130. The molecular weight excluding hydrogens is 685 g/mol. The highest BCUT2D eigenvalue weighted by Crippen LogP contribution is 2.38. The van der Waals surface area contributed by atoms with Crippen LogP contribution < -0.4 is 21.1 Å². The average molecular weight is 734 g/mol. The normalized spacial score (nSPS) is 18.9. The molecule has 1 heterocycles. The molecule has 6 N–H and O–H groups in total. The minimum absolute atomic E-state index is 0.00428. The number of hydrogen-bond donors (Lipinski definition) is 5. The lowest BCUT2D eigenvalue weighted by Gasteiger charge is -2.22. The number of rotatable bonds is 22. The Labute approximate surface area is 294 Å². The maximum Gasteiger partial charge on any atom is 0.251 e. The number of carbonyl (C=O) groups excluding carboxylic acids is 2. The Morgan fingerprint density at radius 3 is 2.70 bits per heavy atom. The van der Waals surface area contributed by atoms with Crippen LogP contribution in [0.25, 0.3) is 0 Å². The quantitative estimate of drug-likeness (QED) is 0.0383. The van der Waals surface area contributed by atoms with Gasteiger partial charge in [0.1, 0.15) is 35.9 Å². The van der Waals surface area contributed by atoms with Gasteiger partial charge in [0, 0.05) is 29.4 Å². The highest BCUT2D eigenvalue weighted by Gasteiger charge is 2.37. The van der Waals surface area contributed by atoms with Crippen LogP contribution in [0.5, 0.6) is 5.75 Å². The van der Waals surface area contributed by atoms with E-state index in [9.17, 15) is 19.8 Å². The fraction of sp³-hybridized carbons (Fsp3) is 0.667. The van der Waals surface area contributed by atoms with E-state index in [1.165, 1.54) is 21.6 Å². The average Bonchev–Trinajstić information content (AvgIpc) is 3.44. The van der Waals surface area contributed by atoms with Crippen LogP contribution in [0, 0.1) is 11.7 Å². The summed E-state index contributed by atoms with van der Waals surface area (Å²) in [5.74, 6) is 5.96. The van der Waals surface area contributed by atoms with E-state index in [0.717, 1.165) is 0 Å². The van der Waals surface area contributed by atoms with Gasteiger partial charge in [-0.05, 0) is 30.9 Å². The van der Waals surface area contributed by atoms with Crippen molar-refractivity contribution in [1.29, 1.82) is 0 Å². The van der Waals surface area contributed by atoms with Gasteiger partial charge in [0.2, 0.25) is 13.2 Å². The number of aliphatic hydroxyl groups excluding tert-OH is 2. The Hall–Kier alpha value is -1.30. The smallest absolute Gasteiger partial charge is 0.251 e. The number of nitrogens with one attached hydrogen (secondary N) is 2. The van der Waals surface area contributed by atoms with Crippen molar-refractivity contribution in [3.8, 4) is 17.5 Å². The fourth-order valence-corrected chi connectivity index (χ4v) is 7.58. The lowest BCUT2D eigenvalue weighted by Crippen LogP contribution is -2.31. The molecule has 264 valence electrons. The molecule has 1 aromatic carbocycles. The van der Waals surface area contributed by atoms with Crippen LogP contribution in [-0.4, -0.2) is 129 Å². The van der Waals surface area contributed by atoms with Crippen molar-refractivity contribution in [3.05, 3.63) is 29.8 Å². The molecule has 0 saturated carbocycles. The molecule has 2 rings (SSSR count). The van der Waals surface area contributed by atoms with Crippen molar-refractivity contribution in [2.24, 2.45) is 5.73 Å². The first-order chi connectivity index (χ1) is 22.6. The van der Waals surface area contributed by atoms with Crippen molar-refractivity contribution in [1.82, 2.24) is 10.6 Å². The first kappa shape index (κ1) is 41.9. The van der Waals surface area contributed by atoms with Crippen LogP contribution in [0.15, 0.2) is 24.3 Å². The largest absolute Gasteiger partial charge is 0.490 e. The third-order valence-corrected chi connectivity index (χ3v) is 11.5. The molecule has 12 nitrogen and oxygen atoms in total. The van der Waals surface area contributed by atoms with Gasteiger partial charge in [-0.25, -0.2) is 0 Å². The van der Waals surface area contributed by atoms with Crippen LogP contribution in [0.4, 0.5) is 0 Å². The Morgan fingerprint density at radius 2 is 2.00 bits per heavy atom. The van der Waals surface area contributed by atoms with E-state index in [-0.39, 0.29) is 85.7 Å². The summed E-state index contributed by atoms with van der Waals surface area (Å²) >= 11 is 0. The van der Waals surface area contributed by atoms with Gasteiger partial charge in [-0.3, -0.25) is 9.59 Å². The summed E-state index contributed by atoms with van der Waals surface area (Å²) in [6, 6.07) is 6.73. The van der Waals surface area contributed by atoms with Crippen LogP contribution in [0.1, 0.15) is 37.6 Å². The zero-order valence-electron chi connectivity index (χ0n) is 27.4. The van der Waals surface area contributed by atoms with E-state index < -0.39 is 6.10 Å². The molecule has 17 heteroatoms. The molecule has 1 aliphatic heterocycles. The van der Waals surface area contributed by atoms with Gasteiger partial charge in [0.05, 0.1) is 39.1 Å². The van der Waals surface area contributed by atoms with Gasteiger partial charge in [-0.2, -0.15) is 5.82 Å². The summed E-state index contributed by atoms with van der Waals surface area (Å²) in [6.07, 6.45) is 1.69. The number of benzene rings is 1. The predicted molar refractivity (Wildman–Crippen MR) is 194 cm³/mol. The van der Waals surface area contributed by atoms with Crippen molar-refractivity contribution in [3.63, 3.8) is 0 Å². The summed E-state index contributed by atoms with van der Waals surface area (Å²) in [7, 11) is 6.58.